The van der Waals surface area contributed by atoms with Gasteiger partial charge in [0, 0.05) is 12.8 Å². The molecule has 0 aliphatic carbocycles. The molecule has 2 atom stereocenters. The highest BCUT2D eigenvalue weighted by Crippen LogP contribution is 2.19. The Balaban J connectivity index is 3.39. The van der Waals surface area contributed by atoms with Crippen LogP contribution in [0, 0.1) is 0 Å². The summed E-state index contributed by atoms with van der Waals surface area (Å²) in [6.45, 7) is 4.99. The number of ether oxygens (including phenoxy) is 1. The molecule has 0 aromatic rings. The highest BCUT2D eigenvalue weighted by molar-refractivity contribution is 5.76. The van der Waals surface area contributed by atoms with Crippen molar-refractivity contribution in [3.63, 3.8) is 0 Å². The number of aliphatic hydroxyl groups is 2. The summed E-state index contributed by atoms with van der Waals surface area (Å²) in [5, 5.41) is 23.4. The van der Waals surface area contributed by atoms with Gasteiger partial charge < -0.3 is 20.3 Å². The molecule has 0 fully saturated rings. The van der Waals surface area contributed by atoms with Gasteiger partial charge in [0.2, 0.25) is 5.91 Å². The van der Waals surface area contributed by atoms with E-state index in [2.05, 4.69) is 19.2 Å². The smallest absolute Gasteiger partial charge is 0.305 e. The molecule has 0 aromatic heterocycles. The van der Waals surface area contributed by atoms with Crippen molar-refractivity contribution in [2.45, 2.75) is 405 Å². The lowest BCUT2D eigenvalue weighted by Crippen LogP contribution is -2.45. The maximum atomic E-state index is 12.5. The van der Waals surface area contributed by atoms with E-state index in [-0.39, 0.29) is 18.5 Å². The molecule has 0 rings (SSSR count). The molecule has 0 spiro atoms. The van der Waals surface area contributed by atoms with Crippen LogP contribution in [0.4, 0.5) is 0 Å². The number of amides is 1. The molecule has 0 bridgehead atoms. The zero-order valence-electron chi connectivity index (χ0n) is 49.9. The lowest BCUT2D eigenvalue weighted by Gasteiger charge is -2.22. The van der Waals surface area contributed by atoms with Gasteiger partial charge in [-0.25, -0.2) is 0 Å². The van der Waals surface area contributed by atoms with Crippen LogP contribution in [-0.4, -0.2) is 47.4 Å². The Morgan fingerprint density at radius 1 is 0.329 bits per heavy atom. The van der Waals surface area contributed by atoms with Crippen LogP contribution < -0.4 is 5.32 Å². The van der Waals surface area contributed by atoms with Crippen molar-refractivity contribution in [3.8, 4) is 0 Å². The maximum absolute atomic E-state index is 12.5. The van der Waals surface area contributed by atoms with E-state index in [4.69, 9.17) is 4.74 Å². The fourth-order valence-corrected chi connectivity index (χ4v) is 11.0. The largest absolute Gasteiger partial charge is 0.466 e. The Bertz CT molecular complexity index is 1050. The van der Waals surface area contributed by atoms with E-state index < -0.39 is 12.1 Å². The van der Waals surface area contributed by atoms with Crippen molar-refractivity contribution < 1.29 is 24.5 Å². The maximum Gasteiger partial charge on any atom is 0.305 e. The Morgan fingerprint density at radius 2 is 0.562 bits per heavy atom. The predicted molar refractivity (Wildman–Crippen MR) is 320 cm³/mol. The van der Waals surface area contributed by atoms with Crippen LogP contribution in [-0.2, 0) is 14.3 Å². The van der Waals surface area contributed by atoms with E-state index in [0.29, 0.717) is 25.9 Å². The van der Waals surface area contributed by atoms with Crippen molar-refractivity contribution in [1.82, 2.24) is 5.32 Å². The van der Waals surface area contributed by atoms with Crippen molar-refractivity contribution in [1.29, 1.82) is 0 Å². The molecule has 0 aliphatic rings. The number of unbranched alkanes of at least 4 members (excludes halogenated alkanes) is 53. The molecule has 0 radical (unpaired) electrons. The van der Waals surface area contributed by atoms with Crippen LogP contribution >= 0.6 is 0 Å². The summed E-state index contributed by atoms with van der Waals surface area (Å²) >= 11 is 0. The standard InChI is InChI=1S/C67H133NO5/c1-3-5-7-9-11-13-15-17-19-21-22-23-24-25-26-28-31-35-39-43-47-51-55-59-65(70)64(63-69)68-66(71)60-56-52-48-44-40-36-32-29-27-30-34-38-42-46-50-54-58-62-73-67(72)61-57-53-49-45-41-37-33-20-18-16-14-12-10-8-6-4-2/h64-65,69-70H,3-63H2,1-2H3,(H,68,71). The van der Waals surface area contributed by atoms with Crippen LogP contribution in [0.15, 0.2) is 0 Å². The molecular weight excluding hydrogens is 899 g/mol. The second kappa shape index (κ2) is 63.4. The second-order valence-corrected chi connectivity index (χ2v) is 23.5. The van der Waals surface area contributed by atoms with Gasteiger partial charge in [-0.2, -0.15) is 0 Å². The molecule has 1 amide bonds. The van der Waals surface area contributed by atoms with E-state index in [0.717, 1.165) is 38.5 Å². The fourth-order valence-electron chi connectivity index (χ4n) is 11.0. The number of carbonyl (C=O) groups is 2. The van der Waals surface area contributed by atoms with Gasteiger partial charge in [0.05, 0.1) is 25.4 Å². The van der Waals surface area contributed by atoms with Crippen LogP contribution in [0.5, 0.6) is 0 Å². The minimum absolute atomic E-state index is 0.0106. The monoisotopic (exact) mass is 1030 g/mol. The second-order valence-electron chi connectivity index (χ2n) is 23.5. The van der Waals surface area contributed by atoms with Crippen molar-refractivity contribution in [2.24, 2.45) is 0 Å². The molecule has 0 saturated heterocycles. The third-order valence-electron chi connectivity index (χ3n) is 16.2. The average Bonchev–Trinajstić information content (AvgIpc) is 3.39. The number of nitrogens with one attached hydrogen (secondary N) is 1. The highest BCUT2D eigenvalue weighted by Gasteiger charge is 2.20. The van der Waals surface area contributed by atoms with E-state index in [9.17, 15) is 19.8 Å². The van der Waals surface area contributed by atoms with Crippen molar-refractivity contribution in [2.75, 3.05) is 13.2 Å². The number of rotatable bonds is 64. The Kier molecular flexibility index (Phi) is 62.4. The van der Waals surface area contributed by atoms with E-state index in [1.807, 2.05) is 0 Å². The molecule has 3 N–H and O–H groups in total. The first kappa shape index (κ1) is 71.9. The summed E-state index contributed by atoms with van der Waals surface area (Å²) in [6, 6.07) is -0.545. The van der Waals surface area contributed by atoms with Crippen LogP contribution in [0.1, 0.15) is 393 Å². The first-order valence-electron chi connectivity index (χ1n) is 33.8. The summed E-state index contributed by atoms with van der Waals surface area (Å²) in [7, 11) is 0. The van der Waals surface area contributed by atoms with Gasteiger partial charge in [-0.05, 0) is 25.7 Å². The van der Waals surface area contributed by atoms with Gasteiger partial charge in [0.25, 0.3) is 0 Å². The van der Waals surface area contributed by atoms with Crippen LogP contribution in [0.2, 0.25) is 0 Å². The minimum atomic E-state index is -0.668. The first-order chi connectivity index (χ1) is 36.0. The lowest BCUT2D eigenvalue weighted by atomic mass is 10.0. The molecule has 0 aromatic carbocycles. The number of carbonyl (C=O) groups excluding carboxylic acids is 2. The molecule has 0 heterocycles. The van der Waals surface area contributed by atoms with Crippen LogP contribution in [0.25, 0.3) is 0 Å². The molecular formula is C67H133NO5. The normalized spacial score (nSPS) is 12.4. The Morgan fingerprint density at radius 3 is 0.836 bits per heavy atom. The van der Waals surface area contributed by atoms with Crippen molar-refractivity contribution >= 4 is 11.9 Å². The van der Waals surface area contributed by atoms with Gasteiger partial charge in [-0.3, -0.25) is 9.59 Å². The molecule has 73 heavy (non-hydrogen) atoms. The molecule has 436 valence electrons. The fraction of sp³-hybridized carbons (Fsp3) is 0.970. The summed E-state index contributed by atoms with van der Waals surface area (Å²) in [5.41, 5.74) is 0. The van der Waals surface area contributed by atoms with E-state index in [1.165, 1.54) is 321 Å². The summed E-state index contributed by atoms with van der Waals surface area (Å²) in [4.78, 5) is 24.6. The summed E-state index contributed by atoms with van der Waals surface area (Å²) < 4.78 is 5.50. The van der Waals surface area contributed by atoms with Gasteiger partial charge in [0.1, 0.15) is 0 Å². The Hall–Kier alpha value is -1.14. The summed E-state index contributed by atoms with van der Waals surface area (Å²) in [6.07, 6.45) is 75.5. The van der Waals surface area contributed by atoms with Crippen molar-refractivity contribution in [3.05, 3.63) is 0 Å². The predicted octanol–water partition coefficient (Wildman–Crippen LogP) is 21.4. The summed E-state index contributed by atoms with van der Waals surface area (Å²) in [5.74, 6) is -0.0241. The first-order valence-corrected chi connectivity index (χ1v) is 33.8. The third kappa shape index (κ3) is 60.0. The third-order valence-corrected chi connectivity index (χ3v) is 16.2. The zero-order valence-corrected chi connectivity index (χ0v) is 49.9. The van der Waals surface area contributed by atoms with Gasteiger partial charge >= 0.3 is 5.97 Å². The number of aliphatic hydroxyl groups excluding tert-OH is 2. The average molecular weight is 1030 g/mol. The number of hydrogen-bond acceptors (Lipinski definition) is 5. The minimum Gasteiger partial charge on any atom is -0.466 e. The molecule has 6 heteroatoms. The SMILES string of the molecule is CCCCCCCCCCCCCCCCCCCCCCCCCC(O)C(CO)NC(=O)CCCCCCCCCCCCCCCCCCCOC(=O)CCCCCCCCCCCCCCCCCC. The molecule has 0 aliphatic heterocycles. The highest BCUT2D eigenvalue weighted by atomic mass is 16.5. The van der Waals surface area contributed by atoms with Crippen LogP contribution in [0.3, 0.4) is 0 Å². The number of esters is 1. The van der Waals surface area contributed by atoms with Gasteiger partial charge in [-0.15, -0.1) is 0 Å². The molecule has 6 nitrogen and oxygen atoms in total. The van der Waals surface area contributed by atoms with Gasteiger partial charge in [0.15, 0.2) is 0 Å². The lowest BCUT2D eigenvalue weighted by molar-refractivity contribution is -0.143. The zero-order chi connectivity index (χ0) is 52.9. The molecule has 2 unspecified atom stereocenters. The van der Waals surface area contributed by atoms with E-state index >= 15 is 0 Å². The quantitative estimate of drug-likeness (QED) is 0.0417. The number of hydrogen-bond donors (Lipinski definition) is 3. The topological polar surface area (TPSA) is 95.9 Å². The van der Waals surface area contributed by atoms with Gasteiger partial charge in [-0.1, -0.05) is 354 Å². The van der Waals surface area contributed by atoms with E-state index in [1.54, 1.807) is 0 Å². The Labute approximate surface area is 457 Å². The molecule has 0 saturated carbocycles.